The zero-order valence-corrected chi connectivity index (χ0v) is 16.4. The highest BCUT2D eigenvalue weighted by molar-refractivity contribution is 5.46. The maximum absolute atomic E-state index is 10.6. The number of nitrogens with zero attached hydrogens (tertiary/aromatic N) is 2. The highest BCUT2D eigenvalue weighted by Gasteiger charge is 2.51. The van der Waals surface area contributed by atoms with Gasteiger partial charge < -0.3 is 19.3 Å². The molecule has 2 saturated heterocycles. The molecule has 3 fully saturated rings. The van der Waals surface area contributed by atoms with Crippen molar-refractivity contribution in [3.05, 3.63) is 23.8 Å². The molecule has 3 aliphatic rings. The molecule has 4 rings (SSSR count). The molecular weight excluding hydrogens is 344 g/mol. The third-order valence-electron chi connectivity index (χ3n) is 6.16. The van der Waals surface area contributed by atoms with Crippen LogP contribution in [0.25, 0.3) is 0 Å². The largest absolute Gasteiger partial charge is 0.493 e. The number of benzene rings is 1. The quantitative estimate of drug-likeness (QED) is 0.748. The van der Waals surface area contributed by atoms with Crippen LogP contribution in [-0.2, 0) is 11.3 Å². The van der Waals surface area contributed by atoms with Crippen LogP contribution >= 0.6 is 0 Å². The number of para-hydroxylation sites is 1. The number of aliphatic hydroxyl groups is 1. The summed E-state index contributed by atoms with van der Waals surface area (Å²) in [5.74, 6) is 1.64. The van der Waals surface area contributed by atoms with E-state index in [9.17, 15) is 5.11 Å². The van der Waals surface area contributed by atoms with Crippen molar-refractivity contribution in [2.45, 2.75) is 43.9 Å². The second-order valence-corrected chi connectivity index (χ2v) is 7.98. The van der Waals surface area contributed by atoms with Gasteiger partial charge in [0, 0.05) is 37.8 Å². The lowest BCUT2D eigenvalue weighted by molar-refractivity contribution is 0.0317. The van der Waals surface area contributed by atoms with Crippen molar-refractivity contribution < 1.29 is 19.3 Å². The van der Waals surface area contributed by atoms with Crippen LogP contribution in [-0.4, -0.2) is 79.7 Å². The van der Waals surface area contributed by atoms with Gasteiger partial charge in [0.2, 0.25) is 0 Å². The Morgan fingerprint density at radius 2 is 2.04 bits per heavy atom. The summed E-state index contributed by atoms with van der Waals surface area (Å²) >= 11 is 0. The van der Waals surface area contributed by atoms with Crippen molar-refractivity contribution in [3.8, 4) is 11.5 Å². The molecule has 27 heavy (non-hydrogen) atoms. The van der Waals surface area contributed by atoms with E-state index >= 15 is 0 Å². The molecule has 0 bridgehead atoms. The number of hydrogen-bond donors (Lipinski definition) is 1. The van der Waals surface area contributed by atoms with Crippen molar-refractivity contribution in [1.82, 2.24) is 9.80 Å². The van der Waals surface area contributed by atoms with Gasteiger partial charge >= 0.3 is 0 Å². The molecule has 2 aliphatic heterocycles. The van der Waals surface area contributed by atoms with Gasteiger partial charge in [-0.25, -0.2) is 0 Å². The van der Waals surface area contributed by atoms with Crippen molar-refractivity contribution in [1.29, 1.82) is 0 Å². The smallest absolute Gasteiger partial charge is 0.165 e. The predicted octanol–water partition coefficient (Wildman–Crippen LogP) is 1.90. The van der Waals surface area contributed by atoms with Crippen LogP contribution in [0.3, 0.4) is 0 Å². The standard InChI is InChI=1S/C21H32N2O4/c1-25-18-5-2-4-17(16-23-9-3-6-19(23)21(24)7-8-21)20(18)27-15-12-22-10-13-26-14-11-22/h2,4-5,19,24H,3,6-16H2,1H3. The molecule has 150 valence electrons. The summed E-state index contributed by atoms with van der Waals surface area (Å²) in [4.78, 5) is 4.80. The van der Waals surface area contributed by atoms with E-state index in [1.54, 1.807) is 7.11 Å². The van der Waals surface area contributed by atoms with E-state index in [0.29, 0.717) is 6.61 Å². The normalized spacial score (nSPS) is 25.5. The van der Waals surface area contributed by atoms with Crippen LogP contribution in [0.4, 0.5) is 0 Å². The van der Waals surface area contributed by atoms with Crippen LogP contribution in [0.5, 0.6) is 11.5 Å². The highest BCUT2D eigenvalue weighted by atomic mass is 16.5. The van der Waals surface area contributed by atoms with Gasteiger partial charge in [-0.3, -0.25) is 9.80 Å². The van der Waals surface area contributed by atoms with E-state index < -0.39 is 5.60 Å². The molecule has 0 amide bonds. The molecule has 0 spiro atoms. The molecule has 1 N–H and O–H groups in total. The van der Waals surface area contributed by atoms with Crippen LogP contribution in [0.15, 0.2) is 18.2 Å². The number of ether oxygens (including phenoxy) is 3. The van der Waals surface area contributed by atoms with Crippen molar-refractivity contribution in [2.75, 3.05) is 53.1 Å². The first-order chi connectivity index (χ1) is 13.2. The van der Waals surface area contributed by atoms with Crippen molar-refractivity contribution in [2.24, 2.45) is 0 Å². The van der Waals surface area contributed by atoms with Crippen LogP contribution < -0.4 is 9.47 Å². The molecule has 1 aliphatic carbocycles. The van der Waals surface area contributed by atoms with Gasteiger partial charge in [0.15, 0.2) is 11.5 Å². The maximum atomic E-state index is 10.6. The van der Waals surface area contributed by atoms with E-state index in [1.807, 2.05) is 12.1 Å². The first kappa shape index (κ1) is 19.0. The lowest BCUT2D eigenvalue weighted by Gasteiger charge is -2.30. The number of morpholine rings is 1. The SMILES string of the molecule is COc1cccc(CN2CCCC2C2(O)CC2)c1OCCN1CCOCC1. The Morgan fingerprint density at radius 1 is 1.22 bits per heavy atom. The summed E-state index contributed by atoms with van der Waals surface area (Å²) in [5.41, 5.74) is 0.694. The van der Waals surface area contributed by atoms with Gasteiger partial charge in [-0.2, -0.15) is 0 Å². The number of hydrogen-bond acceptors (Lipinski definition) is 6. The third-order valence-corrected chi connectivity index (χ3v) is 6.16. The summed E-state index contributed by atoms with van der Waals surface area (Å²) in [5, 5.41) is 10.6. The van der Waals surface area contributed by atoms with E-state index in [4.69, 9.17) is 14.2 Å². The summed E-state index contributed by atoms with van der Waals surface area (Å²) in [6.07, 6.45) is 4.13. The average molecular weight is 376 g/mol. The van der Waals surface area contributed by atoms with E-state index in [2.05, 4.69) is 15.9 Å². The number of methoxy groups -OCH3 is 1. The minimum absolute atomic E-state index is 0.282. The van der Waals surface area contributed by atoms with Gasteiger partial charge in [-0.05, 0) is 38.3 Å². The van der Waals surface area contributed by atoms with Crippen LogP contribution in [0, 0.1) is 0 Å². The highest BCUT2D eigenvalue weighted by Crippen LogP contribution is 2.45. The summed E-state index contributed by atoms with van der Waals surface area (Å²) < 4.78 is 17.2. The fraction of sp³-hybridized carbons (Fsp3) is 0.714. The van der Waals surface area contributed by atoms with Gasteiger partial charge in [0.25, 0.3) is 0 Å². The fourth-order valence-corrected chi connectivity index (χ4v) is 4.42. The molecule has 1 saturated carbocycles. The summed E-state index contributed by atoms with van der Waals surface area (Å²) in [6, 6.07) is 6.40. The Labute approximate surface area is 162 Å². The molecule has 0 aromatic heterocycles. The van der Waals surface area contributed by atoms with Gasteiger partial charge in [0.1, 0.15) is 6.61 Å². The van der Waals surface area contributed by atoms with E-state index in [0.717, 1.165) is 88.7 Å². The van der Waals surface area contributed by atoms with Gasteiger partial charge in [0.05, 0.1) is 25.9 Å². The predicted molar refractivity (Wildman–Crippen MR) is 103 cm³/mol. The van der Waals surface area contributed by atoms with Crippen LogP contribution in [0.2, 0.25) is 0 Å². The molecule has 0 radical (unpaired) electrons. The van der Waals surface area contributed by atoms with Gasteiger partial charge in [-0.1, -0.05) is 12.1 Å². The lowest BCUT2D eigenvalue weighted by Crippen LogP contribution is -2.40. The molecule has 2 heterocycles. The lowest BCUT2D eigenvalue weighted by atomic mass is 10.1. The van der Waals surface area contributed by atoms with Crippen LogP contribution in [0.1, 0.15) is 31.2 Å². The Hall–Kier alpha value is -1.34. The second-order valence-electron chi connectivity index (χ2n) is 7.98. The topological polar surface area (TPSA) is 54.4 Å². The van der Waals surface area contributed by atoms with E-state index in [-0.39, 0.29) is 6.04 Å². The Bertz CT molecular complexity index is 629. The Balaban J connectivity index is 1.42. The Kier molecular flexibility index (Phi) is 5.88. The fourth-order valence-electron chi connectivity index (χ4n) is 4.42. The van der Waals surface area contributed by atoms with Crippen molar-refractivity contribution in [3.63, 3.8) is 0 Å². The molecule has 1 aromatic rings. The number of rotatable bonds is 8. The van der Waals surface area contributed by atoms with E-state index in [1.165, 1.54) is 0 Å². The monoisotopic (exact) mass is 376 g/mol. The molecular formula is C21H32N2O4. The molecule has 1 aromatic carbocycles. The number of likely N-dealkylation sites (tertiary alicyclic amines) is 1. The molecule has 1 atom stereocenters. The average Bonchev–Trinajstić information content (AvgIpc) is 3.26. The first-order valence-corrected chi connectivity index (χ1v) is 10.2. The molecule has 1 unspecified atom stereocenters. The minimum atomic E-state index is -0.452. The molecule has 6 nitrogen and oxygen atoms in total. The van der Waals surface area contributed by atoms with Crippen molar-refractivity contribution >= 4 is 0 Å². The summed E-state index contributed by atoms with van der Waals surface area (Å²) in [6.45, 7) is 6.92. The maximum Gasteiger partial charge on any atom is 0.165 e. The minimum Gasteiger partial charge on any atom is -0.493 e. The first-order valence-electron chi connectivity index (χ1n) is 10.2. The van der Waals surface area contributed by atoms with Gasteiger partial charge in [-0.15, -0.1) is 0 Å². The summed E-state index contributed by atoms with van der Waals surface area (Å²) in [7, 11) is 1.69. The third kappa shape index (κ3) is 4.40. The zero-order valence-electron chi connectivity index (χ0n) is 16.4. The zero-order chi connectivity index (χ0) is 18.7. The second kappa shape index (κ2) is 8.35. The molecule has 6 heteroatoms. The Morgan fingerprint density at radius 3 is 2.78 bits per heavy atom.